The van der Waals surface area contributed by atoms with Crippen molar-refractivity contribution in [3.63, 3.8) is 0 Å². The van der Waals surface area contributed by atoms with E-state index < -0.39 is 6.10 Å². The monoisotopic (exact) mass is 255 g/mol. The zero-order chi connectivity index (χ0) is 13.2. The third-order valence-electron chi connectivity index (χ3n) is 3.50. The van der Waals surface area contributed by atoms with Crippen molar-refractivity contribution in [2.24, 2.45) is 0 Å². The summed E-state index contributed by atoms with van der Waals surface area (Å²) in [6.45, 7) is 2.76. The lowest BCUT2D eigenvalue weighted by atomic mass is 9.97. The number of hydrogen-bond donors (Lipinski definition) is 2. The van der Waals surface area contributed by atoms with Crippen LogP contribution in [0.1, 0.15) is 30.6 Å². The van der Waals surface area contributed by atoms with E-state index in [2.05, 4.69) is 21.4 Å². The van der Waals surface area contributed by atoms with Gasteiger partial charge in [-0.2, -0.15) is 0 Å². The van der Waals surface area contributed by atoms with Crippen LogP contribution in [0.3, 0.4) is 0 Å². The Hall–Kier alpha value is -1.94. The SMILES string of the molecule is CC(O)c1ccncc1-c1cnc2c(c1)CCCN2. The van der Waals surface area contributed by atoms with Crippen LogP contribution in [0.25, 0.3) is 11.1 Å². The van der Waals surface area contributed by atoms with E-state index in [-0.39, 0.29) is 0 Å². The molecule has 1 unspecified atom stereocenters. The van der Waals surface area contributed by atoms with Crippen LogP contribution in [0.4, 0.5) is 5.82 Å². The summed E-state index contributed by atoms with van der Waals surface area (Å²) < 4.78 is 0. The minimum Gasteiger partial charge on any atom is -0.389 e. The molecule has 0 spiro atoms. The van der Waals surface area contributed by atoms with Crippen molar-refractivity contribution >= 4 is 5.82 Å². The number of nitrogens with zero attached hydrogens (tertiary/aromatic N) is 2. The van der Waals surface area contributed by atoms with Crippen molar-refractivity contribution in [2.45, 2.75) is 25.9 Å². The Labute approximate surface area is 112 Å². The number of rotatable bonds is 2. The Morgan fingerprint density at radius 1 is 1.37 bits per heavy atom. The van der Waals surface area contributed by atoms with Crippen molar-refractivity contribution < 1.29 is 5.11 Å². The number of anilines is 1. The summed E-state index contributed by atoms with van der Waals surface area (Å²) in [6, 6.07) is 4.01. The number of pyridine rings is 2. The Bertz CT molecular complexity index is 596. The first-order valence-electron chi connectivity index (χ1n) is 6.61. The van der Waals surface area contributed by atoms with Gasteiger partial charge in [0.25, 0.3) is 0 Å². The molecule has 0 fully saturated rings. The molecule has 2 N–H and O–H groups in total. The van der Waals surface area contributed by atoms with Crippen LogP contribution in [0.15, 0.2) is 30.7 Å². The molecule has 3 heterocycles. The molecule has 0 saturated heterocycles. The summed E-state index contributed by atoms with van der Waals surface area (Å²) in [7, 11) is 0. The van der Waals surface area contributed by atoms with E-state index in [0.29, 0.717) is 0 Å². The highest BCUT2D eigenvalue weighted by Crippen LogP contribution is 2.30. The molecule has 0 aromatic carbocycles. The number of aryl methyl sites for hydroxylation is 1. The van der Waals surface area contributed by atoms with E-state index in [1.807, 2.05) is 12.3 Å². The van der Waals surface area contributed by atoms with Crippen LogP contribution >= 0.6 is 0 Å². The van der Waals surface area contributed by atoms with Gasteiger partial charge in [-0.05, 0) is 43.0 Å². The largest absolute Gasteiger partial charge is 0.389 e. The van der Waals surface area contributed by atoms with Crippen LogP contribution in [-0.4, -0.2) is 21.6 Å². The second kappa shape index (κ2) is 4.97. The molecule has 0 radical (unpaired) electrons. The van der Waals surface area contributed by atoms with Gasteiger partial charge >= 0.3 is 0 Å². The molecule has 3 rings (SSSR count). The maximum atomic E-state index is 9.84. The molecule has 0 amide bonds. The fourth-order valence-electron chi connectivity index (χ4n) is 2.50. The molecule has 0 saturated carbocycles. The molecule has 98 valence electrons. The summed E-state index contributed by atoms with van der Waals surface area (Å²) in [6.07, 6.45) is 7.02. The van der Waals surface area contributed by atoms with Gasteiger partial charge in [0.1, 0.15) is 5.82 Å². The average Bonchev–Trinajstić information content (AvgIpc) is 2.46. The Balaban J connectivity index is 2.07. The van der Waals surface area contributed by atoms with Crippen LogP contribution in [0.5, 0.6) is 0 Å². The second-order valence-electron chi connectivity index (χ2n) is 4.90. The lowest BCUT2D eigenvalue weighted by Crippen LogP contribution is -2.13. The number of aliphatic hydroxyl groups is 1. The molecule has 1 aliphatic heterocycles. The van der Waals surface area contributed by atoms with Crippen molar-refractivity contribution in [3.05, 3.63) is 41.9 Å². The second-order valence-corrected chi connectivity index (χ2v) is 4.90. The molecule has 4 heteroatoms. The topological polar surface area (TPSA) is 58.0 Å². The van der Waals surface area contributed by atoms with Gasteiger partial charge in [-0.3, -0.25) is 4.98 Å². The molecule has 0 aliphatic carbocycles. The third kappa shape index (κ3) is 2.31. The highest BCUT2D eigenvalue weighted by Gasteiger charge is 2.14. The van der Waals surface area contributed by atoms with Gasteiger partial charge in [0.2, 0.25) is 0 Å². The zero-order valence-corrected chi connectivity index (χ0v) is 10.9. The maximum absolute atomic E-state index is 9.84. The Morgan fingerprint density at radius 2 is 2.26 bits per heavy atom. The molecule has 4 nitrogen and oxygen atoms in total. The lowest BCUT2D eigenvalue weighted by molar-refractivity contribution is 0.200. The van der Waals surface area contributed by atoms with E-state index in [1.165, 1.54) is 5.56 Å². The van der Waals surface area contributed by atoms with Gasteiger partial charge in [0.05, 0.1) is 6.10 Å². The molecule has 1 atom stereocenters. The summed E-state index contributed by atoms with van der Waals surface area (Å²) in [5.41, 5.74) is 4.11. The van der Waals surface area contributed by atoms with E-state index in [4.69, 9.17) is 0 Å². The van der Waals surface area contributed by atoms with Crippen molar-refractivity contribution in [2.75, 3.05) is 11.9 Å². The van der Waals surface area contributed by atoms with Gasteiger partial charge in [0.15, 0.2) is 0 Å². The van der Waals surface area contributed by atoms with Crippen LogP contribution in [-0.2, 0) is 6.42 Å². The van der Waals surface area contributed by atoms with Gasteiger partial charge in [-0.15, -0.1) is 0 Å². The van der Waals surface area contributed by atoms with E-state index in [1.54, 1.807) is 19.3 Å². The van der Waals surface area contributed by atoms with E-state index >= 15 is 0 Å². The molecule has 0 bridgehead atoms. The quantitative estimate of drug-likeness (QED) is 0.866. The predicted molar refractivity (Wildman–Crippen MR) is 74.9 cm³/mol. The molecular weight excluding hydrogens is 238 g/mol. The summed E-state index contributed by atoms with van der Waals surface area (Å²) in [5, 5.41) is 13.1. The fraction of sp³-hybridized carbons (Fsp3) is 0.333. The standard InChI is InChI=1S/C15H17N3O/c1-10(19)13-4-6-16-9-14(13)12-7-11-3-2-5-17-15(11)18-8-12/h4,6-10,19H,2-3,5H2,1H3,(H,17,18). The fourth-order valence-corrected chi connectivity index (χ4v) is 2.50. The number of aliphatic hydroxyl groups excluding tert-OH is 1. The van der Waals surface area contributed by atoms with Gasteiger partial charge in [0, 0.05) is 36.3 Å². The highest BCUT2D eigenvalue weighted by atomic mass is 16.3. The average molecular weight is 255 g/mol. The summed E-state index contributed by atoms with van der Waals surface area (Å²) in [4.78, 5) is 8.64. The minimum absolute atomic E-state index is 0.507. The molecule has 1 aliphatic rings. The maximum Gasteiger partial charge on any atom is 0.129 e. The van der Waals surface area contributed by atoms with Crippen LogP contribution in [0, 0.1) is 0 Å². The zero-order valence-electron chi connectivity index (χ0n) is 10.9. The van der Waals surface area contributed by atoms with E-state index in [0.717, 1.165) is 41.9 Å². The van der Waals surface area contributed by atoms with Gasteiger partial charge in [-0.1, -0.05) is 0 Å². The van der Waals surface area contributed by atoms with Crippen molar-refractivity contribution in [1.82, 2.24) is 9.97 Å². The predicted octanol–water partition coefficient (Wildman–Crippen LogP) is 2.55. The van der Waals surface area contributed by atoms with Crippen LogP contribution < -0.4 is 5.32 Å². The third-order valence-corrected chi connectivity index (χ3v) is 3.50. The first-order valence-corrected chi connectivity index (χ1v) is 6.61. The molecular formula is C15H17N3O. The van der Waals surface area contributed by atoms with Gasteiger partial charge in [-0.25, -0.2) is 4.98 Å². The number of hydrogen-bond acceptors (Lipinski definition) is 4. The highest BCUT2D eigenvalue weighted by molar-refractivity contribution is 5.68. The van der Waals surface area contributed by atoms with Gasteiger partial charge < -0.3 is 10.4 Å². The lowest BCUT2D eigenvalue weighted by Gasteiger charge is -2.18. The smallest absolute Gasteiger partial charge is 0.129 e. The van der Waals surface area contributed by atoms with Crippen molar-refractivity contribution in [3.8, 4) is 11.1 Å². The normalized spacial score (nSPS) is 15.5. The Kier molecular flexibility index (Phi) is 3.17. The minimum atomic E-state index is -0.507. The van der Waals surface area contributed by atoms with E-state index in [9.17, 15) is 5.11 Å². The number of nitrogens with one attached hydrogen (secondary N) is 1. The molecule has 2 aromatic heterocycles. The first-order chi connectivity index (χ1) is 9.25. The van der Waals surface area contributed by atoms with Crippen LogP contribution in [0.2, 0.25) is 0 Å². The summed E-state index contributed by atoms with van der Waals surface area (Å²) in [5.74, 6) is 0.984. The summed E-state index contributed by atoms with van der Waals surface area (Å²) >= 11 is 0. The Morgan fingerprint density at radius 3 is 3.11 bits per heavy atom. The number of aromatic nitrogens is 2. The van der Waals surface area contributed by atoms with Crippen molar-refractivity contribution in [1.29, 1.82) is 0 Å². The molecule has 19 heavy (non-hydrogen) atoms. The number of fused-ring (bicyclic) bond motifs is 1. The first kappa shape index (κ1) is 12.1. The molecule has 2 aromatic rings.